The van der Waals surface area contributed by atoms with Gasteiger partial charge in [0, 0.05) is 6.54 Å². The Bertz CT molecular complexity index is 172. The van der Waals surface area contributed by atoms with E-state index in [2.05, 4.69) is 5.32 Å². The molecule has 2 rings (SSSR count). The molecule has 0 aromatic carbocycles. The predicted molar refractivity (Wildman–Crippen MR) is 38.8 cm³/mol. The number of nitrogens with one attached hydrogen (secondary N) is 1. The van der Waals surface area contributed by atoms with Crippen molar-refractivity contribution in [2.45, 2.75) is 32.2 Å². The SMILES string of the molecule is CC(=O)C1CC2(CC2)CN1. The van der Waals surface area contributed by atoms with Crippen LogP contribution in [0.15, 0.2) is 0 Å². The first-order chi connectivity index (χ1) is 4.72. The molecule has 1 spiro atoms. The molecule has 2 fully saturated rings. The number of carbonyl (C=O) groups is 1. The van der Waals surface area contributed by atoms with E-state index in [9.17, 15) is 4.79 Å². The van der Waals surface area contributed by atoms with Crippen molar-refractivity contribution < 1.29 is 4.79 Å². The number of Topliss-reactive ketones (excluding diaryl/α,β-unsaturated/α-hetero) is 1. The number of carbonyl (C=O) groups excluding carboxylic acids is 1. The quantitative estimate of drug-likeness (QED) is 0.580. The molecule has 1 unspecified atom stereocenters. The van der Waals surface area contributed by atoms with Gasteiger partial charge in [0.15, 0.2) is 0 Å². The molecule has 2 aliphatic rings. The molecular formula is C8H13NO. The van der Waals surface area contributed by atoms with Gasteiger partial charge in [0.2, 0.25) is 0 Å². The summed E-state index contributed by atoms with van der Waals surface area (Å²) in [4.78, 5) is 10.9. The molecule has 56 valence electrons. The van der Waals surface area contributed by atoms with Crippen molar-refractivity contribution in [2.75, 3.05) is 6.54 Å². The first-order valence-corrected chi connectivity index (χ1v) is 3.96. The summed E-state index contributed by atoms with van der Waals surface area (Å²) in [5, 5.41) is 3.26. The van der Waals surface area contributed by atoms with Crippen molar-refractivity contribution in [3.8, 4) is 0 Å². The van der Waals surface area contributed by atoms with Gasteiger partial charge in [-0.3, -0.25) is 4.79 Å². The standard InChI is InChI=1S/C8H13NO/c1-6(10)7-4-8(2-3-8)5-9-7/h7,9H,2-5H2,1H3. The second-order valence-corrected chi connectivity index (χ2v) is 3.75. The zero-order valence-electron chi connectivity index (χ0n) is 6.31. The van der Waals surface area contributed by atoms with E-state index < -0.39 is 0 Å². The van der Waals surface area contributed by atoms with Gasteiger partial charge in [0.05, 0.1) is 6.04 Å². The number of hydrogen-bond donors (Lipinski definition) is 1. The van der Waals surface area contributed by atoms with E-state index in [-0.39, 0.29) is 6.04 Å². The summed E-state index contributed by atoms with van der Waals surface area (Å²) < 4.78 is 0. The summed E-state index contributed by atoms with van der Waals surface area (Å²) in [5.74, 6) is 0.309. The Kier molecular flexibility index (Phi) is 1.15. The van der Waals surface area contributed by atoms with Gasteiger partial charge in [0.1, 0.15) is 5.78 Å². The first kappa shape index (κ1) is 6.35. The number of hydrogen-bond acceptors (Lipinski definition) is 2. The average Bonchev–Trinajstić information content (AvgIpc) is 2.41. The van der Waals surface area contributed by atoms with Crippen LogP contribution in [-0.4, -0.2) is 18.4 Å². The van der Waals surface area contributed by atoms with Crippen LogP contribution in [0.1, 0.15) is 26.2 Å². The third kappa shape index (κ3) is 0.870. The van der Waals surface area contributed by atoms with Crippen LogP contribution in [0.25, 0.3) is 0 Å². The van der Waals surface area contributed by atoms with Gasteiger partial charge in [-0.15, -0.1) is 0 Å². The van der Waals surface area contributed by atoms with E-state index in [0.717, 1.165) is 13.0 Å². The highest BCUT2D eigenvalue weighted by molar-refractivity contribution is 5.81. The summed E-state index contributed by atoms with van der Waals surface area (Å²) in [7, 11) is 0. The summed E-state index contributed by atoms with van der Waals surface area (Å²) in [6.07, 6.45) is 3.77. The van der Waals surface area contributed by atoms with Crippen molar-refractivity contribution in [1.29, 1.82) is 0 Å². The third-order valence-electron chi connectivity index (χ3n) is 2.81. The van der Waals surface area contributed by atoms with Crippen LogP contribution in [0.3, 0.4) is 0 Å². The summed E-state index contributed by atoms with van der Waals surface area (Å²) in [6.45, 7) is 2.76. The highest BCUT2D eigenvalue weighted by Gasteiger charge is 2.49. The van der Waals surface area contributed by atoms with Crippen LogP contribution < -0.4 is 5.32 Å². The van der Waals surface area contributed by atoms with Crippen LogP contribution in [0.5, 0.6) is 0 Å². The lowest BCUT2D eigenvalue weighted by molar-refractivity contribution is -0.118. The Morgan fingerprint density at radius 3 is 2.60 bits per heavy atom. The third-order valence-corrected chi connectivity index (χ3v) is 2.81. The molecule has 0 radical (unpaired) electrons. The lowest BCUT2D eigenvalue weighted by Crippen LogP contribution is -2.28. The first-order valence-electron chi connectivity index (χ1n) is 3.96. The topological polar surface area (TPSA) is 29.1 Å². The molecule has 0 bridgehead atoms. The average molecular weight is 139 g/mol. The van der Waals surface area contributed by atoms with Crippen LogP contribution in [0, 0.1) is 5.41 Å². The molecule has 1 aliphatic carbocycles. The second-order valence-electron chi connectivity index (χ2n) is 3.75. The maximum Gasteiger partial charge on any atom is 0.146 e. The molecule has 1 atom stereocenters. The van der Waals surface area contributed by atoms with Gasteiger partial charge in [-0.2, -0.15) is 0 Å². The molecule has 1 saturated heterocycles. The smallest absolute Gasteiger partial charge is 0.146 e. The fourth-order valence-electron chi connectivity index (χ4n) is 1.76. The Morgan fingerprint density at radius 1 is 1.60 bits per heavy atom. The van der Waals surface area contributed by atoms with Gasteiger partial charge in [-0.1, -0.05) is 0 Å². The second kappa shape index (κ2) is 1.82. The zero-order chi connectivity index (χ0) is 7.19. The molecule has 0 aromatic rings. The number of rotatable bonds is 1. The lowest BCUT2D eigenvalue weighted by Gasteiger charge is -2.03. The van der Waals surface area contributed by atoms with Crippen LogP contribution in [-0.2, 0) is 4.79 Å². The molecule has 1 N–H and O–H groups in total. The van der Waals surface area contributed by atoms with Crippen molar-refractivity contribution in [2.24, 2.45) is 5.41 Å². The normalized spacial score (nSPS) is 34.7. The van der Waals surface area contributed by atoms with Gasteiger partial charge in [0.25, 0.3) is 0 Å². The van der Waals surface area contributed by atoms with E-state index in [1.165, 1.54) is 12.8 Å². The summed E-state index contributed by atoms with van der Waals surface area (Å²) in [5.41, 5.74) is 0.566. The Balaban J connectivity index is 1.99. The molecule has 1 saturated carbocycles. The van der Waals surface area contributed by atoms with Gasteiger partial charge in [-0.05, 0) is 31.6 Å². The molecule has 10 heavy (non-hydrogen) atoms. The number of ketones is 1. The zero-order valence-corrected chi connectivity index (χ0v) is 6.31. The van der Waals surface area contributed by atoms with E-state index in [4.69, 9.17) is 0 Å². The minimum absolute atomic E-state index is 0.183. The maximum absolute atomic E-state index is 10.9. The largest absolute Gasteiger partial charge is 0.307 e. The fourth-order valence-corrected chi connectivity index (χ4v) is 1.76. The minimum atomic E-state index is 0.183. The molecular weight excluding hydrogens is 126 g/mol. The summed E-state index contributed by atoms with van der Waals surface area (Å²) >= 11 is 0. The van der Waals surface area contributed by atoms with E-state index in [1.54, 1.807) is 6.92 Å². The van der Waals surface area contributed by atoms with E-state index in [1.807, 2.05) is 0 Å². The van der Waals surface area contributed by atoms with Crippen LogP contribution in [0.4, 0.5) is 0 Å². The van der Waals surface area contributed by atoms with Crippen molar-refractivity contribution in [1.82, 2.24) is 5.32 Å². The van der Waals surface area contributed by atoms with Crippen LogP contribution in [0.2, 0.25) is 0 Å². The molecule has 1 aliphatic heterocycles. The van der Waals surface area contributed by atoms with Crippen molar-refractivity contribution >= 4 is 5.78 Å². The van der Waals surface area contributed by atoms with Crippen LogP contribution >= 0.6 is 0 Å². The predicted octanol–water partition coefficient (Wildman–Crippen LogP) is 0.718. The molecule has 1 heterocycles. The molecule has 2 heteroatoms. The lowest BCUT2D eigenvalue weighted by atomic mass is 10.0. The van der Waals surface area contributed by atoms with Gasteiger partial charge in [-0.25, -0.2) is 0 Å². The van der Waals surface area contributed by atoms with Gasteiger partial charge < -0.3 is 5.32 Å². The highest BCUT2D eigenvalue weighted by Crippen LogP contribution is 2.51. The summed E-state index contributed by atoms with van der Waals surface area (Å²) in [6, 6.07) is 0.183. The molecule has 0 aromatic heterocycles. The van der Waals surface area contributed by atoms with Gasteiger partial charge >= 0.3 is 0 Å². The highest BCUT2D eigenvalue weighted by atomic mass is 16.1. The van der Waals surface area contributed by atoms with E-state index in [0.29, 0.717) is 11.2 Å². The fraction of sp³-hybridized carbons (Fsp3) is 0.875. The Labute approximate surface area is 61.0 Å². The van der Waals surface area contributed by atoms with E-state index >= 15 is 0 Å². The monoisotopic (exact) mass is 139 g/mol. The Morgan fingerprint density at radius 2 is 2.30 bits per heavy atom. The molecule has 2 nitrogen and oxygen atoms in total. The van der Waals surface area contributed by atoms with Crippen molar-refractivity contribution in [3.05, 3.63) is 0 Å². The maximum atomic E-state index is 10.9. The minimum Gasteiger partial charge on any atom is -0.307 e. The molecule has 0 amide bonds. The van der Waals surface area contributed by atoms with Crippen molar-refractivity contribution in [3.63, 3.8) is 0 Å². The Hall–Kier alpha value is -0.370.